The Hall–Kier alpha value is -1.66. The van der Waals surface area contributed by atoms with Crippen molar-refractivity contribution in [2.24, 2.45) is 5.73 Å². The molecule has 16 heavy (non-hydrogen) atoms. The first kappa shape index (κ1) is 12.4. The Labute approximate surface area is 94.0 Å². The highest BCUT2D eigenvalue weighted by molar-refractivity contribution is 7.92. The van der Waals surface area contributed by atoms with Crippen molar-refractivity contribution in [1.29, 1.82) is 0 Å². The molecule has 0 radical (unpaired) electrons. The first-order valence-electron chi connectivity index (χ1n) is 4.45. The molecule has 0 heterocycles. The van der Waals surface area contributed by atoms with Crippen LogP contribution in [-0.2, 0) is 16.6 Å². The van der Waals surface area contributed by atoms with E-state index in [-0.39, 0.29) is 6.54 Å². The van der Waals surface area contributed by atoms with E-state index < -0.39 is 15.9 Å². The maximum atomic E-state index is 11.0. The second kappa shape index (κ2) is 4.91. The molecule has 1 aromatic rings. The zero-order valence-electron chi connectivity index (χ0n) is 8.51. The SMILES string of the molecule is C=CS(=O)(=O)NCc1ccc(C(N)=O)cc1. The van der Waals surface area contributed by atoms with Gasteiger partial charge < -0.3 is 5.73 Å². The van der Waals surface area contributed by atoms with E-state index in [1.54, 1.807) is 24.3 Å². The summed E-state index contributed by atoms with van der Waals surface area (Å²) in [6.45, 7) is 3.32. The number of hydrogen-bond acceptors (Lipinski definition) is 3. The Bertz CT molecular complexity index is 491. The van der Waals surface area contributed by atoms with Crippen LogP contribution in [0.2, 0.25) is 0 Å². The molecule has 0 saturated carbocycles. The average molecular weight is 240 g/mol. The molecule has 1 amide bonds. The van der Waals surface area contributed by atoms with E-state index in [2.05, 4.69) is 11.3 Å². The summed E-state index contributed by atoms with van der Waals surface area (Å²) in [4.78, 5) is 10.8. The van der Waals surface area contributed by atoms with Gasteiger partial charge in [-0.1, -0.05) is 18.7 Å². The molecule has 1 aromatic carbocycles. The number of carbonyl (C=O) groups is 1. The minimum absolute atomic E-state index is 0.146. The molecule has 1 rings (SSSR count). The van der Waals surface area contributed by atoms with Gasteiger partial charge in [-0.2, -0.15) is 0 Å². The molecule has 0 aliphatic heterocycles. The van der Waals surface area contributed by atoms with Crippen LogP contribution in [0.5, 0.6) is 0 Å². The summed E-state index contributed by atoms with van der Waals surface area (Å²) in [6.07, 6.45) is 0. The molecular formula is C10H12N2O3S. The predicted octanol–water partition coefficient (Wildman–Crippen LogP) is 0.348. The lowest BCUT2D eigenvalue weighted by Crippen LogP contribution is -2.20. The number of nitrogens with one attached hydrogen (secondary N) is 1. The third-order valence-corrected chi connectivity index (χ3v) is 2.92. The van der Waals surface area contributed by atoms with Crippen molar-refractivity contribution >= 4 is 15.9 Å². The van der Waals surface area contributed by atoms with Crippen molar-refractivity contribution < 1.29 is 13.2 Å². The lowest BCUT2D eigenvalue weighted by atomic mass is 10.1. The summed E-state index contributed by atoms with van der Waals surface area (Å²) in [6, 6.07) is 6.34. The van der Waals surface area contributed by atoms with Gasteiger partial charge in [-0.05, 0) is 17.7 Å². The van der Waals surface area contributed by atoms with Crippen molar-refractivity contribution in [3.63, 3.8) is 0 Å². The molecule has 6 heteroatoms. The van der Waals surface area contributed by atoms with Crippen LogP contribution in [0.4, 0.5) is 0 Å². The Morgan fingerprint density at radius 1 is 1.38 bits per heavy atom. The third kappa shape index (κ3) is 3.48. The van der Waals surface area contributed by atoms with Gasteiger partial charge in [0.1, 0.15) is 0 Å². The van der Waals surface area contributed by atoms with Crippen molar-refractivity contribution in [2.45, 2.75) is 6.54 Å². The number of rotatable bonds is 5. The first-order valence-corrected chi connectivity index (χ1v) is 6.00. The molecule has 0 fully saturated rings. The van der Waals surface area contributed by atoms with Crippen LogP contribution in [0.25, 0.3) is 0 Å². The predicted molar refractivity (Wildman–Crippen MR) is 60.9 cm³/mol. The van der Waals surface area contributed by atoms with Crippen molar-refractivity contribution in [2.75, 3.05) is 0 Å². The van der Waals surface area contributed by atoms with Crippen LogP contribution in [0.1, 0.15) is 15.9 Å². The quantitative estimate of drug-likeness (QED) is 0.778. The van der Waals surface area contributed by atoms with Gasteiger partial charge in [-0.3, -0.25) is 4.79 Å². The number of amides is 1. The molecule has 0 unspecified atom stereocenters. The van der Waals surface area contributed by atoms with Crippen LogP contribution >= 0.6 is 0 Å². The molecule has 0 spiro atoms. The maximum absolute atomic E-state index is 11.0. The molecule has 3 N–H and O–H groups in total. The van der Waals surface area contributed by atoms with Gasteiger partial charge in [-0.15, -0.1) is 0 Å². The van der Waals surface area contributed by atoms with Gasteiger partial charge in [0.2, 0.25) is 15.9 Å². The molecule has 0 aliphatic carbocycles. The molecule has 0 aromatic heterocycles. The fraction of sp³-hybridized carbons (Fsp3) is 0.100. The van der Waals surface area contributed by atoms with Crippen LogP contribution < -0.4 is 10.5 Å². The second-order valence-corrected chi connectivity index (χ2v) is 4.81. The van der Waals surface area contributed by atoms with E-state index in [1.807, 2.05) is 0 Å². The van der Waals surface area contributed by atoms with Gasteiger partial charge >= 0.3 is 0 Å². The lowest BCUT2D eigenvalue weighted by molar-refractivity contribution is 0.100. The van der Waals surface area contributed by atoms with Crippen LogP contribution in [0, 0.1) is 0 Å². The standard InChI is InChI=1S/C10H12N2O3S/c1-2-16(14,15)12-7-8-3-5-9(6-4-8)10(11)13/h2-6,12H,1,7H2,(H2,11,13). The van der Waals surface area contributed by atoms with Crippen molar-refractivity contribution in [1.82, 2.24) is 4.72 Å². The Balaban J connectivity index is 2.70. The van der Waals surface area contributed by atoms with E-state index in [1.165, 1.54) is 0 Å². The summed E-state index contributed by atoms with van der Waals surface area (Å²) < 4.78 is 24.4. The highest BCUT2D eigenvalue weighted by Crippen LogP contribution is 2.04. The highest BCUT2D eigenvalue weighted by atomic mass is 32.2. The van der Waals surface area contributed by atoms with Crippen LogP contribution in [0.15, 0.2) is 36.3 Å². The largest absolute Gasteiger partial charge is 0.366 e. The summed E-state index contributed by atoms with van der Waals surface area (Å²) in [5.74, 6) is -0.516. The van der Waals surface area contributed by atoms with E-state index in [4.69, 9.17) is 5.73 Å². The first-order chi connectivity index (χ1) is 7.44. The molecule has 5 nitrogen and oxygen atoms in total. The van der Waals surface area contributed by atoms with Gasteiger partial charge in [0.05, 0.1) is 0 Å². The number of sulfonamides is 1. The highest BCUT2D eigenvalue weighted by Gasteiger charge is 2.04. The molecule has 0 saturated heterocycles. The fourth-order valence-electron chi connectivity index (χ4n) is 1.03. The summed E-state index contributed by atoms with van der Waals surface area (Å²) in [7, 11) is -3.42. The zero-order valence-corrected chi connectivity index (χ0v) is 9.33. The normalized spacial score (nSPS) is 11.0. The molecule has 86 valence electrons. The topological polar surface area (TPSA) is 89.3 Å². The van der Waals surface area contributed by atoms with Crippen molar-refractivity contribution in [3.8, 4) is 0 Å². The monoisotopic (exact) mass is 240 g/mol. The minimum Gasteiger partial charge on any atom is -0.366 e. The van der Waals surface area contributed by atoms with Crippen LogP contribution in [-0.4, -0.2) is 14.3 Å². The Morgan fingerprint density at radius 3 is 2.38 bits per heavy atom. The number of benzene rings is 1. The van der Waals surface area contributed by atoms with Gasteiger partial charge in [0.15, 0.2) is 0 Å². The van der Waals surface area contributed by atoms with E-state index >= 15 is 0 Å². The summed E-state index contributed by atoms with van der Waals surface area (Å²) >= 11 is 0. The Morgan fingerprint density at radius 2 is 1.94 bits per heavy atom. The number of hydrogen-bond donors (Lipinski definition) is 2. The zero-order chi connectivity index (χ0) is 12.2. The van der Waals surface area contributed by atoms with Gasteiger partial charge in [-0.25, -0.2) is 13.1 Å². The number of carbonyl (C=O) groups excluding carboxylic acids is 1. The smallest absolute Gasteiger partial charge is 0.248 e. The second-order valence-electron chi connectivity index (χ2n) is 3.09. The van der Waals surface area contributed by atoms with Gasteiger partial charge in [0.25, 0.3) is 0 Å². The molecule has 0 bridgehead atoms. The summed E-state index contributed by atoms with van der Waals surface area (Å²) in [5.41, 5.74) is 6.18. The minimum atomic E-state index is -3.42. The summed E-state index contributed by atoms with van der Waals surface area (Å²) in [5, 5.41) is 0.838. The molecule has 0 aliphatic rings. The van der Waals surface area contributed by atoms with Crippen molar-refractivity contribution in [3.05, 3.63) is 47.4 Å². The van der Waals surface area contributed by atoms with Gasteiger partial charge in [0, 0.05) is 17.5 Å². The maximum Gasteiger partial charge on any atom is 0.248 e. The molecule has 0 atom stereocenters. The van der Waals surface area contributed by atoms with Crippen LogP contribution in [0.3, 0.4) is 0 Å². The van der Waals surface area contributed by atoms with E-state index in [9.17, 15) is 13.2 Å². The average Bonchev–Trinajstić information content (AvgIpc) is 2.27. The fourth-order valence-corrected chi connectivity index (χ4v) is 1.52. The Kier molecular flexibility index (Phi) is 3.81. The number of nitrogens with two attached hydrogens (primary N) is 1. The van der Waals surface area contributed by atoms with E-state index in [0.29, 0.717) is 5.56 Å². The molecular weight excluding hydrogens is 228 g/mol. The number of primary amides is 1. The van der Waals surface area contributed by atoms with E-state index in [0.717, 1.165) is 11.0 Å². The lowest BCUT2D eigenvalue weighted by Gasteiger charge is -2.03. The third-order valence-electron chi connectivity index (χ3n) is 1.94.